The number of nitrogens with one attached hydrogen (secondary N) is 4. The van der Waals surface area contributed by atoms with Gasteiger partial charge < -0.3 is 39.9 Å². The molecule has 61 heavy (non-hydrogen) atoms. The van der Waals surface area contributed by atoms with Crippen LogP contribution in [0.15, 0.2) is 48.8 Å². The van der Waals surface area contributed by atoms with Crippen LogP contribution in [-0.4, -0.2) is 92.6 Å². The molecule has 322 valence electrons. The van der Waals surface area contributed by atoms with Gasteiger partial charge in [-0.15, -0.1) is 0 Å². The number of carbonyl (C=O) groups excluding carboxylic acids is 4. The molecule has 4 amide bonds. The lowest BCUT2D eigenvalue weighted by molar-refractivity contribution is -0.139. The van der Waals surface area contributed by atoms with Crippen LogP contribution in [0.5, 0.6) is 0 Å². The summed E-state index contributed by atoms with van der Waals surface area (Å²) in [6.45, 7) is 8.04. The number of H-pyrrole nitrogens is 2. The van der Waals surface area contributed by atoms with Gasteiger partial charge in [0.05, 0.1) is 50.1 Å². The van der Waals surface area contributed by atoms with Crippen molar-refractivity contribution in [3.63, 3.8) is 0 Å². The standard InChI is InChI=1S/C45H52F2N8O6/c1-22(2)35(52-42(58)60-5)40(56)54-21-44(13-14-44)18-34(54)38-48-19-32(50-38)24-8-11-28-29-12-9-25(17-31(29)45(46,47)30(28)16-24)33-20-49-39(51-33)37-26-7-10-27(15-26)55(37)41(57)36(23(3)4)53-43(59)61-6/h8-9,11-12,16-17,19-20,22-23,26-27,34-37H,7,10,13-15,18,21H2,1-6H3,(H,48,50)(H,49,51)(H,52,58)(H,53,59)/t26?,27?,34-,35-,36-,37?/m0/s1. The van der Waals surface area contributed by atoms with Gasteiger partial charge in [0.25, 0.3) is 5.92 Å². The maximum Gasteiger partial charge on any atom is 0.407 e. The van der Waals surface area contributed by atoms with Gasteiger partial charge in [-0.2, -0.15) is 8.78 Å². The highest BCUT2D eigenvalue weighted by molar-refractivity contribution is 5.88. The van der Waals surface area contributed by atoms with Gasteiger partial charge in [0.2, 0.25) is 11.8 Å². The van der Waals surface area contributed by atoms with Gasteiger partial charge in [0.1, 0.15) is 23.7 Å². The number of amides is 4. The molecule has 2 saturated heterocycles. The van der Waals surface area contributed by atoms with E-state index in [-0.39, 0.29) is 64.2 Å². The third kappa shape index (κ3) is 6.91. The summed E-state index contributed by atoms with van der Waals surface area (Å²) in [5, 5.41) is 5.40. The van der Waals surface area contributed by atoms with Crippen LogP contribution in [0, 0.1) is 23.2 Å². The zero-order valence-corrected chi connectivity index (χ0v) is 35.2. The van der Waals surface area contributed by atoms with Crippen molar-refractivity contribution in [1.82, 2.24) is 40.4 Å². The van der Waals surface area contributed by atoms with Gasteiger partial charge in [-0.25, -0.2) is 19.6 Å². The molecular formula is C45H52F2N8O6. The molecule has 2 aliphatic heterocycles. The molecule has 3 unspecified atom stereocenters. The number of alkyl halides is 2. The quantitative estimate of drug-likeness (QED) is 0.127. The smallest absolute Gasteiger partial charge is 0.407 e. The van der Waals surface area contributed by atoms with Gasteiger partial charge in [0, 0.05) is 34.8 Å². The lowest BCUT2D eigenvalue weighted by Crippen LogP contribution is -2.54. The minimum absolute atomic E-state index is 0.00916. The molecule has 0 radical (unpaired) electrons. The molecule has 1 spiro atoms. The minimum Gasteiger partial charge on any atom is -0.453 e. The number of piperidine rings is 1. The largest absolute Gasteiger partial charge is 0.453 e. The molecule has 4 N–H and O–H groups in total. The molecule has 4 heterocycles. The predicted molar refractivity (Wildman–Crippen MR) is 220 cm³/mol. The average Bonchev–Trinajstić information content (AvgIpc) is 3.93. The summed E-state index contributed by atoms with van der Waals surface area (Å²) >= 11 is 0. The second kappa shape index (κ2) is 15.0. The Balaban J connectivity index is 0.954. The van der Waals surface area contributed by atoms with Gasteiger partial charge >= 0.3 is 12.2 Å². The highest BCUT2D eigenvalue weighted by Gasteiger charge is 2.56. The summed E-state index contributed by atoms with van der Waals surface area (Å²) in [6, 6.07) is 7.83. The van der Waals surface area contributed by atoms with Crippen LogP contribution in [0.25, 0.3) is 33.6 Å². The van der Waals surface area contributed by atoms with E-state index >= 15 is 8.78 Å². The van der Waals surface area contributed by atoms with Crippen molar-refractivity contribution in [2.45, 2.75) is 102 Å². The summed E-state index contributed by atoms with van der Waals surface area (Å²) in [7, 11) is 2.53. The first kappa shape index (κ1) is 40.6. The monoisotopic (exact) mass is 838 g/mol. The number of aromatic amines is 2. The van der Waals surface area contributed by atoms with Gasteiger partial charge in [-0.1, -0.05) is 52.0 Å². The van der Waals surface area contributed by atoms with E-state index in [1.165, 1.54) is 26.4 Å². The Morgan fingerprint density at radius 1 is 0.787 bits per heavy atom. The van der Waals surface area contributed by atoms with E-state index in [9.17, 15) is 19.2 Å². The van der Waals surface area contributed by atoms with Crippen LogP contribution in [0.3, 0.4) is 0 Å². The highest BCUT2D eigenvalue weighted by atomic mass is 19.3. The van der Waals surface area contributed by atoms with E-state index in [0.717, 1.165) is 38.5 Å². The number of hydrogen-bond donors (Lipinski definition) is 4. The van der Waals surface area contributed by atoms with E-state index in [0.29, 0.717) is 51.8 Å². The van der Waals surface area contributed by atoms with E-state index in [4.69, 9.17) is 14.5 Å². The number of fused-ring (bicyclic) bond motifs is 5. The topological polar surface area (TPSA) is 175 Å². The molecule has 2 bridgehead atoms. The van der Waals surface area contributed by atoms with E-state index in [1.54, 1.807) is 41.6 Å². The fraction of sp³-hybridized carbons (Fsp3) is 0.511. The first-order chi connectivity index (χ1) is 29.1. The number of ether oxygens (including phenoxy) is 2. The number of alkyl carbamates (subject to hydrolysis) is 2. The third-order valence-corrected chi connectivity index (χ3v) is 13.8. The highest BCUT2D eigenvalue weighted by Crippen LogP contribution is 2.59. The summed E-state index contributed by atoms with van der Waals surface area (Å²) < 4.78 is 42.8. The van der Waals surface area contributed by atoms with Crippen LogP contribution in [-0.2, 0) is 25.0 Å². The summed E-state index contributed by atoms with van der Waals surface area (Å²) in [5.41, 5.74) is 2.87. The molecule has 2 saturated carbocycles. The van der Waals surface area contributed by atoms with E-state index in [2.05, 4.69) is 25.6 Å². The van der Waals surface area contributed by atoms with Crippen LogP contribution in [0.4, 0.5) is 18.4 Å². The third-order valence-electron chi connectivity index (χ3n) is 13.8. The number of likely N-dealkylation sites (tertiary alicyclic amines) is 2. The molecule has 6 atom stereocenters. The van der Waals surface area contributed by atoms with Crippen LogP contribution >= 0.6 is 0 Å². The number of carbonyl (C=O) groups is 4. The normalized spacial score (nSPS) is 23.6. The molecule has 2 aromatic heterocycles. The molecule has 9 rings (SSSR count). The zero-order valence-electron chi connectivity index (χ0n) is 35.2. The number of halogens is 2. The number of nitrogens with zero attached hydrogens (tertiary/aromatic N) is 4. The van der Waals surface area contributed by atoms with Gasteiger partial charge in [-0.05, 0) is 85.0 Å². The summed E-state index contributed by atoms with van der Waals surface area (Å²) in [5.74, 6) is -2.73. The summed E-state index contributed by atoms with van der Waals surface area (Å²) in [4.78, 5) is 72.0. The number of aromatic nitrogens is 4. The average molecular weight is 839 g/mol. The number of imidazole rings is 2. The Morgan fingerprint density at radius 2 is 1.33 bits per heavy atom. The first-order valence-electron chi connectivity index (χ1n) is 21.2. The number of methoxy groups -OCH3 is 2. The second-order valence-electron chi connectivity index (χ2n) is 18.3. The number of benzene rings is 2. The molecule has 16 heteroatoms. The van der Waals surface area contributed by atoms with Crippen molar-refractivity contribution in [2.24, 2.45) is 23.2 Å². The Kier molecular flexibility index (Phi) is 9.97. The molecule has 3 aliphatic carbocycles. The molecular weight excluding hydrogens is 787 g/mol. The SMILES string of the molecule is COC(=O)N[C@H](C(=O)N1C2CCC(C2)C1c1ncc(-c2ccc3c(c2)C(F)(F)c2cc(-c4cnc([C@@H]5CC6(CC6)CN5C(=O)[C@@H](NC(=O)OC)C(C)C)[nH]4)ccc2-3)[nH]1)C(C)C. The molecule has 4 fully saturated rings. The number of rotatable bonds is 10. The fourth-order valence-electron chi connectivity index (χ4n) is 10.3. The Bertz CT molecular complexity index is 2410. The molecule has 14 nitrogen and oxygen atoms in total. The van der Waals surface area contributed by atoms with Crippen molar-refractivity contribution in [3.8, 4) is 33.6 Å². The van der Waals surface area contributed by atoms with Crippen LogP contribution in [0.2, 0.25) is 0 Å². The van der Waals surface area contributed by atoms with Crippen molar-refractivity contribution < 1.29 is 37.4 Å². The lowest BCUT2D eigenvalue weighted by Gasteiger charge is -2.37. The Labute approximate surface area is 352 Å². The second-order valence-corrected chi connectivity index (χ2v) is 18.3. The molecule has 2 aromatic carbocycles. The maximum atomic E-state index is 16.6. The van der Waals surface area contributed by atoms with Crippen molar-refractivity contribution >= 4 is 24.0 Å². The van der Waals surface area contributed by atoms with Crippen LogP contribution in [0.1, 0.15) is 101 Å². The number of hydrogen-bond acceptors (Lipinski definition) is 8. The van der Waals surface area contributed by atoms with Crippen molar-refractivity contribution in [3.05, 3.63) is 71.6 Å². The van der Waals surface area contributed by atoms with Crippen molar-refractivity contribution in [2.75, 3.05) is 20.8 Å². The van der Waals surface area contributed by atoms with Gasteiger partial charge in [0.15, 0.2) is 0 Å². The molecule has 5 aliphatic rings. The maximum absolute atomic E-state index is 16.6. The minimum atomic E-state index is -3.31. The molecule has 4 aromatic rings. The zero-order chi connectivity index (χ0) is 43.1. The predicted octanol–water partition coefficient (Wildman–Crippen LogP) is 7.45. The Morgan fingerprint density at radius 3 is 1.87 bits per heavy atom. The van der Waals surface area contributed by atoms with E-state index < -0.39 is 30.2 Å². The van der Waals surface area contributed by atoms with Gasteiger partial charge in [-0.3, -0.25) is 9.59 Å². The summed E-state index contributed by atoms with van der Waals surface area (Å²) in [6.07, 6.45) is 7.26. The van der Waals surface area contributed by atoms with Crippen molar-refractivity contribution in [1.29, 1.82) is 0 Å². The fourth-order valence-corrected chi connectivity index (χ4v) is 10.3. The lowest BCUT2D eigenvalue weighted by atomic mass is 9.95. The van der Waals surface area contributed by atoms with Crippen LogP contribution < -0.4 is 10.6 Å². The van der Waals surface area contributed by atoms with E-state index in [1.807, 2.05) is 32.6 Å². The Hall–Kier alpha value is -5.80. The first-order valence-corrected chi connectivity index (χ1v) is 21.2.